The number of esters is 1. The highest BCUT2D eigenvalue weighted by Gasteiger charge is 2.42. The van der Waals surface area contributed by atoms with Crippen LogP contribution in [0.4, 0.5) is 5.69 Å². The first-order chi connectivity index (χ1) is 12.4. The van der Waals surface area contributed by atoms with Gasteiger partial charge < -0.3 is 10.1 Å². The fourth-order valence-electron chi connectivity index (χ4n) is 3.43. The Morgan fingerprint density at radius 1 is 1.12 bits per heavy atom. The average molecular weight is 421 g/mol. The molecule has 1 aliphatic heterocycles. The van der Waals surface area contributed by atoms with Crippen LogP contribution in [0.25, 0.3) is 0 Å². The van der Waals surface area contributed by atoms with E-state index in [9.17, 15) is 9.59 Å². The van der Waals surface area contributed by atoms with E-state index in [0.29, 0.717) is 5.69 Å². The number of nitrogens with one attached hydrogen (secondary N) is 3. The van der Waals surface area contributed by atoms with Gasteiger partial charge in [0.15, 0.2) is 6.10 Å². The molecule has 4 atom stereocenters. The zero-order chi connectivity index (χ0) is 18.8. The molecular formula is C17H20Cl3N3O3. The van der Waals surface area contributed by atoms with Crippen LogP contribution in [0.2, 0.25) is 15.1 Å². The molecule has 0 aromatic heterocycles. The van der Waals surface area contributed by atoms with Crippen molar-refractivity contribution < 1.29 is 14.3 Å². The van der Waals surface area contributed by atoms with Crippen LogP contribution in [-0.2, 0) is 14.3 Å². The van der Waals surface area contributed by atoms with Gasteiger partial charge in [-0.25, -0.2) is 5.43 Å². The van der Waals surface area contributed by atoms with Gasteiger partial charge in [-0.05, 0) is 31.9 Å². The molecule has 1 heterocycles. The summed E-state index contributed by atoms with van der Waals surface area (Å²) < 4.78 is 5.36. The fraction of sp³-hybridized carbons (Fsp3) is 0.529. The van der Waals surface area contributed by atoms with Gasteiger partial charge in [-0.15, -0.1) is 0 Å². The van der Waals surface area contributed by atoms with Gasteiger partial charge in [-0.3, -0.25) is 15.0 Å². The van der Waals surface area contributed by atoms with E-state index in [4.69, 9.17) is 39.5 Å². The third-order valence-electron chi connectivity index (χ3n) is 4.86. The van der Waals surface area contributed by atoms with Crippen molar-refractivity contribution in [2.24, 2.45) is 5.92 Å². The number of benzene rings is 1. The molecule has 0 radical (unpaired) electrons. The number of ether oxygens (including phenoxy) is 1. The number of amides is 1. The van der Waals surface area contributed by atoms with Crippen LogP contribution in [0.15, 0.2) is 12.1 Å². The molecule has 2 aliphatic rings. The Labute approximate surface area is 166 Å². The van der Waals surface area contributed by atoms with E-state index in [0.717, 1.165) is 25.7 Å². The largest absolute Gasteiger partial charge is 0.451 e. The summed E-state index contributed by atoms with van der Waals surface area (Å²) in [6.45, 7) is 1.51. The summed E-state index contributed by atoms with van der Waals surface area (Å²) in [6.07, 6.45) is 3.27. The molecule has 3 rings (SSSR count). The molecule has 26 heavy (non-hydrogen) atoms. The van der Waals surface area contributed by atoms with Crippen LogP contribution in [0.1, 0.15) is 32.6 Å². The average Bonchev–Trinajstić information content (AvgIpc) is 3.03. The van der Waals surface area contributed by atoms with E-state index >= 15 is 0 Å². The number of hydrogen-bond donors (Lipinski definition) is 3. The van der Waals surface area contributed by atoms with Crippen molar-refractivity contribution in [1.82, 2.24) is 10.9 Å². The van der Waals surface area contributed by atoms with Crippen molar-refractivity contribution in [3.8, 4) is 0 Å². The van der Waals surface area contributed by atoms with Crippen molar-refractivity contribution in [3.63, 3.8) is 0 Å². The molecule has 0 spiro atoms. The first-order valence-electron chi connectivity index (χ1n) is 8.53. The monoisotopic (exact) mass is 419 g/mol. The minimum atomic E-state index is -0.975. The molecule has 2 fully saturated rings. The Morgan fingerprint density at radius 3 is 2.58 bits per heavy atom. The number of hydrogen-bond acceptors (Lipinski definition) is 5. The van der Waals surface area contributed by atoms with E-state index in [2.05, 4.69) is 16.2 Å². The Hall–Kier alpha value is -1.05. The third-order valence-corrected chi connectivity index (χ3v) is 5.89. The normalized spacial score (nSPS) is 26.1. The van der Waals surface area contributed by atoms with Gasteiger partial charge in [0.2, 0.25) is 0 Å². The smallest absolute Gasteiger partial charge is 0.325 e. The molecule has 1 saturated heterocycles. The lowest BCUT2D eigenvalue weighted by molar-refractivity contribution is -0.156. The highest BCUT2D eigenvalue weighted by atomic mass is 35.5. The number of carbonyl (C=O) groups is 2. The van der Waals surface area contributed by atoms with Gasteiger partial charge in [0.1, 0.15) is 6.04 Å². The fourth-order valence-corrected chi connectivity index (χ4v) is 4.02. The zero-order valence-corrected chi connectivity index (χ0v) is 16.4. The summed E-state index contributed by atoms with van der Waals surface area (Å²) in [6, 6.07) is 2.73. The predicted molar refractivity (Wildman–Crippen MR) is 101 cm³/mol. The molecule has 1 amide bonds. The van der Waals surface area contributed by atoms with Crippen LogP contribution < -0.4 is 16.2 Å². The van der Waals surface area contributed by atoms with E-state index in [1.165, 1.54) is 19.1 Å². The minimum Gasteiger partial charge on any atom is -0.451 e. The van der Waals surface area contributed by atoms with E-state index < -0.39 is 24.0 Å². The van der Waals surface area contributed by atoms with Gasteiger partial charge in [0.25, 0.3) is 5.91 Å². The van der Waals surface area contributed by atoms with Gasteiger partial charge in [0.05, 0.1) is 20.8 Å². The molecule has 142 valence electrons. The van der Waals surface area contributed by atoms with E-state index in [-0.39, 0.29) is 27.0 Å². The lowest BCUT2D eigenvalue weighted by Crippen LogP contribution is -2.43. The number of hydrazine groups is 1. The molecule has 4 unspecified atom stereocenters. The first-order valence-corrected chi connectivity index (χ1v) is 9.67. The SMILES string of the molecule is CC(OC(=O)C1NNC2CCCCC21)C(=O)Nc1cc(Cl)c(Cl)cc1Cl. The summed E-state index contributed by atoms with van der Waals surface area (Å²) in [5.74, 6) is -0.740. The molecule has 6 nitrogen and oxygen atoms in total. The van der Waals surface area contributed by atoms with Crippen LogP contribution in [0.3, 0.4) is 0 Å². The van der Waals surface area contributed by atoms with Crippen molar-refractivity contribution in [1.29, 1.82) is 0 Å². The van der Waals surface area contributed by atoms with Crippen molar-refractivity contribution in [3.05, 3.63) is 27.2 Å². The standard InChI is InChI=1S/C17H20Cl3N3O3/c1-8(16(24)21-14-7-11(19)10(18)6-12(14)20)26-17(25)15-9-4-2-3-5-13(9)22-23-15/h6-9,13,15,22-23H,2-5H2,1H3,(H,21,24). The van der Waals surface area contributed by atoms with Gasteiger partial charge in [-0.1, -0.05) is 47.6 Å². The second-order valence-corrected chi connectivity index (χ2v) is 7.86. The lowest BCUT2D eigenvalue weighted by Gasteiger charge is -2.26. The summed E-state index contributed by atoms with van der Waals surface area (Å²) in [5.41, 5.74) is 6.47. The van der Waals surface area contributed by atoms with Crippen LogP contribution in [0.5, 0.6) is 0 Å². The van der Waals surface area contributed by atoms with E-state index in [1.807, 2.05) is 0 Å². The number of anilines is 1. The lowest BCUT2D eigenvalue weighted by atomic mass is 9.82. The number of carbonyl (C=O) groups excluding carboxylic acids is 2. The maximum Gasteiger partial charge on any atom is 0.325 e. The molecule has 9 heteroatoms. The van der Waals surface area contributed by atoms with E-state index in [1.54, 1.807) is 0 Å². The summed E-state index contributed by atoms with van der Waals surface area (Å²) in [7, 11) is 0. The molecule has 0 bridgehead atoms. The topological polar surface area (TPSA) is 79.5 Å². The van der Waals surface area contributed by atoms with Gasteiger partial charge in [-0.2, -0.15) is 0 Å². The van der Waals surface area contributed by atoms with Crippen LogP contribution >= 0.6 is 34.8 Å². The highest BCUT2D eigenvalue weighted by Crippen LogP contribution is 2.33. The maximum atomic E-state index is 12.5. The van der Waals surface area contributed by atoms with Crippen LogP contribution in [0, 0.1) is 5.92 Å². The maximum absolute atomic E-state index is 12.5. The Bertz CT molecular complexity index is 716. The molecule has 1 aliphatic carbocycles. The second kappa shape index (κ2) is 8.31. The zero-order valence-electron chi connectivity index (χ0n) is 14.2. The summed E-state index contributed by atoms with van der Waals surface area (Å²) >= 11 is 17.9. The minimum absolute atomic E-state index is 0.191. The predicted octanol–water partition coefficient (Wildman–Crippen LogP) is 3.55. The number of fused-ring (bicyclic) bond motifs is 1. The van der Waals surface area contributed by atoms with Crippen molar-refractivity contribution in [2.75, 3.05) is 5.32 Å². The van der Waals surface area contributed by atoms with Crippen molar-refractivity contribution >= 4 is 52.4 Å². The molecule has 3 N–H and O–H groups in total. The third kappa shape index (κ3) is 4.26. The van der Waals surface area contributed by atoms with Crippen LogP contribution in [-0.4, -0.2) is 30.1 Å². The quantitative estimate of drug-likeness (QED) is 0.513. The molecular weight excluding hydrogens is 401 g/mol. The number of rotatable bonds is 4. The summed E-state index contributed by atoms with van der Waals surface area (Å²) in [4.78, 5) is 24.8. The number of halogens is 3. The Morgan fingerprint density at radius 2 is 1.81 bits per heavy atom. The Balaban J connectivity index is 1.59. The molecule has 1 aromatic carbocycles. The highest BCUT2D eigenvalue weighted by molar-refractivity contribution is 6.44. The van der Waals surface area contributed by atoms with Crippen molar-refractivity contribution in [2.45, 2.75) is 50.8 Å². The second-order valence-electron chi connectivity index (χ2n) is 6.64. The van der Waals surface area contributed by atoms with Gasteiger partial charge in [0, 0.05) is 12.0 Å². The van der Waals surface area contributed by atoms with Gasteiger partial charge >= 0.3 is 5.97 Å². The first kappa shape index (κ1) is 19.7. The Kier molecular flexibility index (Phi) is 6.30. The summed E-state index contributed by atoms with van der Waals surface area (Å²) in [5, 5.41) is 3.40. The molecule has 1 saturated carbocycles. The molecule has 1 aromatic rings.